The van der Waals surface area contributed by atoms with Gasteiger partial charge in [-0.05, 0) is 30.4 Å². The Morgan fingerprint density at radius 1 is 1.33 bits per heavy atom. The van der Waals surface area contributed by atoms with Crippen LogP contribution in [0.15, 0.2) is 24.3 Å². The van der Waals surface area contributed by atoms with E-state index in [4.69, 9.17) is 28.9 Å². The Kier molecular flexibility index (Phi) is 5.93. The second kappa shape index (κ2) is 7.70. The molecule has 1 amide bonds. The Morgan fingerprint density at radius 2 is 2.05 bits per heavy atom. The van der Waals surface area contributed by atoms with Gasteiger partial charge in [0.2, 0.25) is 0 Å². The second-order valence-corrected chi connectivity index (χ2v) is 5.65. The zero-order valence-electron chi connectivity index (χ0n) is 11.6. The quantitative estimate of drug-likeness (QED) is 0.810. The second-order valence-electron chi connectivity index (χ2n) is 4.82. The number of thiocarbonyl (C=S) groups is 1. The summed E-state index contributed by atoms with van der Waals surface area (Å²) >= 11 is 11.2. The average molecular weight is 328 g/mol. The van der Waals surface area contributed by atoms with E-state index in [0.29, 0.717) is 22.2 Å². The number of carbonyl (C=O) groups excluding carboxylic acids is 1. The van der Waals surface area contributed by atoms with E-state index in [-0.39, 0.29) is 12.5 Å². The number of piperazine rings is 1. The summed E-state index contributed by atoms with van der Waals surface area (Å²) in [6, 6.07) is 6.76. The lowest BCUT2D eigenvalue weighted by Gasteiger charge is -2.35. The molecule has 0 radical (unpaired) electrons. The van der Waals surface area contributed by atoms with Crippen LogP contribution in [-0.2, 0) is 0 Å². The van der Waals surface area contributed by atoms with Gasteiger partial charge in [0.05, 0.1) is 6.61 Å². The molecule has 114 valence electrons. The van der Waals surface area contributed by atoms with Crippen LogP contribution in [0.1, 0.15) is 10.4 Å². The van der Waals surface area contributed by atoms with Gasteiger partial charge in [-0.25, -0.2) is 0 Å². The lowest BCUT2D eigenvalue weighted by molar-refractivity contribution is 0.0968. The molecule has 1 saturated heterocycles. The third kappa shape index (κ3) is 4.64. The Morgan fingerprint density at radius 3 is 2.67 bits per heavy atom. The fourth-order valence-corrected chi connectivity index (χ4v) is 2.66. The van der Waals surface area contributed by atoms with E-state index in [9.17, 15) is 4.79 Å². The monoisotopic (exact) mass is 327 g/mol. The van der Waals surface area contributed by atoms with Crippen molar-refractivity contribution in [1.29, 1.82) is 0 Å². The summed E-state index contributed by atoms with van der Waals surface area (Å²) in [6.07, 6.45) is 0. The normalized spacial score (nSPS) is 15.8. The summed E-state index contributed by atoms with van der Waals surface area (Å²) in [4.78, 5) is 16.2. The summed E-state index contributed by atoms with van der Waals surface area (Å²) in [6.45, 7) is 3.98. The highest BCUT2D eigenvalue weighted by atomic mass is 35.5. The van der Waals surface area contributed by atoms with Crippen molar-refractivity contribution in [3.63, 3.8) is 0 Å². The van der Waals surface area contributed by atoms with Crippen LogP contribution >= 0.6 is 23.8 Å². The number of rotatable bonds is 3. The average Bonchev–Trinajstić information content (AvgIpc) is 2.48. The van der Waals surface area contributed by atoms with E-state index in [2.05, 4.69) is 10.2 Å². The minimum absolute atomic E-state index is 0.163. The van der Waals surface area contributed by atoms with Gasteiger partial charge in [-0.3, -0.25) is 15.0 Å². The maximum absolute atomic E-state index is 12.1. The van der Waals surface area contributed by atoms with Gasteiger partial charge in [-0.15, -0.1) is 0 Å². The molecule has 0 atom stereocenters. The van der Waals surface area contributed by atoms with Gasteiger partial charge in [0, 0.05) is 43.3 Å². The number of aliphatic hydroxyl groups is 1. The van der Waals surface area contributed by atoms with Crippen molar-refractivity contribution in [2.45, 2.75) is 0 Å². The molecule has 0 aliphatic carbocycles. The number of aliphatic hydroxyl groups excluding tert-OH is 1. The zero-order chi connectivity index (χ0) is 15.2. The van der Waals surface area contributed by atoms with E-state index in [1.54, 1.807) is 24.3 Å². The summed E-state index contributed by atoms with van der Waals surface area (Å²) in [5.74, 6) is -0.250. The third-order valence-corrected chi connectivity index (χ3v) is 3.98. The highest BCUT2D eigenvalue weighted by Crippen LogP contribution is 2.10. The highest BCUT2D eigenvalue weighted by molar-refractivity contribution is 7.80. The molecule has 21 heavy (non-hydrogen) atoms. The van der Waals surface area contributed by atoms with E-state index >= 15 is 0 Å². The molecular formula is C14H18ClN3O2S. The zero-order valence-corrected chi connectivity index (χ0v) is 13.2. The van der Waals surface area contributed by atoms with Crippen LogP contribution in [0.25, 0.3) is 0 Å². The number of carbonyl (C=O) groups is 1. The van der Waals surface area contributed by atoms with Crippen LogP contribution in [0.5, 0.6) is 0 Å². The molecule has 0 aromatic heterocycles. The van der Waals surface area contributed by atoms with E-state index in [1.807, 2.05) is 4.90 Å². The third-order valence-electron chi connectivity index (χ3n) is 3.38. The van der Waals surface area contributed by atoms with Crippen LogP contribution in [-0.4, -0.2) is 65.3 Å². The molecule has 2 N–H and O–H groups in total. The van der Waals surface area contributed by atoms with Crippen molar-refractivity contribution in [2.24, 2.45) is 0 Å². The van der Waals surface area contributed by atoms with Crippen molar-refractivity contribution < 1.29 is 9.90 Å². The summed E-state index contributed by atoms with van der Waals surface area (Å²) in [5.41, 5.74) is 0.490. The molecule has 1 heterocycles. The minimum atomic E-state index is -0.250. The van der Waals surface area contributed by atoms with Crippen LogP contribution in [0, 0.1) is 0 Å². The van der Waals surface area contributed by atoms with Gasteiger partial charge in [-0.1, -0.05) is 17.7 Å². The van der Waals surface area contributed by atoms with Gasteiger partial charge in [0.25, 0.3) is 5.91 Å². The fourth-order valence-electron chi connectivity index (χ4n) is 2.19. The molecule has 1 aromatic rings. The number of nitrogens with zero attached hydrogens (tertiary/aromatic N) is 2. The predicted octanol–water partition coefficient (Wildman–Crippen LogP) is 0.965. The Balaban J connectivity index is 1.86. The van der Waals surface area contributed by atoms with Crippen molar-refractivity contribution in [1.82, 2.24) is 15.1 Å². The maximum Gasteiger partial charge on any atom is 0.257 e. The first-order chi connectivity index (χ1) is 10.1. The van der Waals surface area contributed by atoms with Crippen LogP contribution in [0.2, 0.25) is 5.02 Å². The number of halogens is 1. The first kappa shape index (κ1) is 16.2. The van der Waals surface area contributed by atoms with Gasteiger partial charge < -0.3 is 10.0 Å². The van der Waals surface area contributed by atoms with Crippen molar-refractivity contribution in [3.05, 3.63) is 34.9 Å². The first-order valence-electron chi connectivity index (χ1n) is 6.79. The molecule has 2 rings (SSSR count). The van der Waals surface area contributed by atoms with E-state index in [1.165, 1.54) is 0 Å². The van der Waals surface area contributed by atoms with Gasteiger partial charge in [0.1, 0.15) is 0 Å². The van der Waals surface area contributed by atoms with Gasteiger partial charge >= 0.3 is 0 Å². The van der Waals surface area contributed by atoms with E-state index in [0.717, 1.165) is 26.2 Å². The topological polar surface area (TPSA) is 55.8 Å². The molecular weight excluding hydrogens is 310 g/mol. The van der Waals surface area contributed by atoms with Crippen molar-refractivity contribution in [3.8, 4) is 0 Å². The molecule has 5 nitrogen and oxygen atoms in total. The van der Waals surface area contributed by atoms with Crippen LogP contribution < -0.4 is 5.32 Å². The minimum Gasteiger partial charge on any atom is -0.395 e. The number of benzene rings is 1. The van der Waals surface area contributed by atoms with Crippen LogP contribution in [0.3, 0.4) is 0 Å². The van der Waals surface area contributed by atoms with E-state index < -0.39 is 0 Å². The summed E-state index contributed by atoms with van der Waals surface area (Å²) < 4.78 is 0. The van der Waals surface area contributed by atoms with Gasteiger partial charge in [-0.2, -0.15) is 0 Å². The lowest BCUT2D eigenvalue weighted by atomic mass is 10.2. The van der Waals surface area contributed by atoms with Gasteiger partial charge in [0.15, 0.2) is 5.11 Å². The molecule has 1 aromatic carbocycles. The van der Waals surface area contributed by atoms with Crippen molar-refractivity contribution >= 4 is 34.8 Å². The number of hydrogen-bond donors (Lipinski definition) is 2. The number of hydrogen-bond acceptors (Lipinski definition) is 4. The standard InChI is InChI=1S/C14H18ClN3O2S/c15-12-3-1-2-11(10-12)13(20)16-14(21)18-6-4-17(5-7-18)8-9-19/h1-3,10,19H,4-9H2,(H,16,20,21). The lowest BCUT2D eigenvalue weighted by Crippen LogP contribution is -2.53. The van der Waals surface area contributed by atoms with Crippen LogP contribution in [0.4, 0.5) is 0 Å². The molecule has 0 saturated carbocycles. The number of nitrogens with one attached hydrogen (secondary N) is 1. The van der Waals surface area contributed by atoms with Crippen molar-refractivity contribution in [2.75, 3.05) is 39.3 Å². The molecule has 0 bridgehead atoms. The predicted molar refractivity (Wildman–Crippen MR) is 86.6 cm³/mol. The SMILES string of the molecule is O=C(NC(=S)N1CCN(CCO)CC1)c1cccc(Cl)c1. The first-order valence-corrected chi connectivity index (χ1v) is 7.58. The summed E-state index contributed by atoms with van der Waals surface area (Å²) in [5, 5.41) is 12.6. The molecule has 7 heteroatoms. The Labute approximate surface area is 134 Å². The molecule has 1 aliphatic rings. The smallest absolute Gasteiger partial charge is 0.257 e. The number of amides is 1. The molecule has 1 fully saturated rings. The molecule has 1 aliphatic heterocycles. The molecule has 0 spiro atoms. The maximum atomic E-state index is 12.1. The summed E-state index contributed by atoms with van der Waals surface area (Å²) in [7, 11) is 0. The highest BCUT2D eigenvalue weighted by Gasteiger charge is 2.20. The Hall–Kier alpha value is -1.21. The fraction of sp³-hybridized carbons (Fsp3) is 0.429. The Bertz CT molecular complexity index is 519. The molecule has 0 unspecified atom stereocenters. The largest absolute Gasteiger partial charge is 0.395 e. The number of β-amino-alcohol motifs (C(OH)–C–C–N with tert-alkyl or cyclic N) is 1.